The third-order valence-corrected chi connectivity index (χ3v) is 6.87. The van der Waals surface area contributed by atoms with Crippen molar-refractivity contribution in [2.75, 3.05) is 13.1 Å². The first-order chi connectivity index (χ1) is 18.3. The van der Waals surface area contributed by atoms with Gasteiger partial charge < -0.3 is 4.52 Å². The van der Waals surface area contributed by atoms with Crippen LogP contribution in [0.15, 0.2) is 59.4 Å². The van der Waals surface area contributed by atoms with Gasteiger partial charge in [-0.05, 0) is 85.8 Å². The third kappa shape index (κ3) is 4.75. The van der Waals surface area contributed by atoms with Crippen LogP contribution in [0.25, 0.3) is 16.6 Å². The lowest BCUT2D eigenvalue weighted by atomic mass is 9.99. The van der Waals surface area contributed by atoms with Crippen LogP contribution in [0.2, 0.25) is 0 Å². The van der Waals surface area contributed by atoms with Crippen LogP contribution in [0, 0.1) is 18.8 Å². The monoisotopic (exact) mass is 515 g/mol. The minimum Gasteiger partial charge on any atom is -0.355 e. The Morgan fingerprint density at radius 2 is 1.84 bits per heavy atom. The molecule has 5 aromatic rings. The second-order valence-electron chi connectivity index (χ2n) is 9.65. The molecule has 4 heterocycles. The van der Waals surface area contributed by atoms with E-state index in [1.165, 1.54) is 12.1 Å². The zero-order chi connectivity index (χ0) is 26.3. The number of hydrogen-bond acceptors (Lipinski definition) is 5. The topological polar surface area (TPSA) is 59.5 Å². The van der Waals surface area contributed by atoms with Gasteiger partial charge in [-0.2, -0.15) is 18.3 Å². The Kier molecular flexibility index (Phi) is 6.12. The van der Waals surface area contributed by atoms with E-state index in [1.807, 2.05) is 31.2 Å². The van der Waals surface area contributed by atoms with Crippen LogP contribution in [-0.2, 0) is 19.1 Å². The van der Waals surface area contributed by atoms with E-state index in [0.717, 1.165) is 36.9 Å². The van der Waals surface area contributed by atoms with Crippen molar-refractivity contribution in [1.29, 1.82) is 0 Å². The van der Waals surface area contributed by atoms with Crippen molar-refractivity contribution in [3.63, 3.8) is 0 Å². The maximum atomic E-state index is 13.7. The molecule has 0 N–H and O–H groups in total. The van der Waals surface area contributed by atoms with Gasteiger partial charge in [-0.3, -0.25) is 4.90 Å². The fraction of sp³-hybridized carbons (Fsp3) is 0.276. The SMILES string of the molecule is Cc1ccc2c(Cc3cc(CN4CCCC4)cc(C(F)(F)F)c3)noc2c1C#Cc1cnc2cccnn12. The van der Waals surface area contributed by atoms with Gasteiger partial charge in [0.05, 0.1) is 23.0 Å². The lowest BCUT2D eigenvalue weighted by Gasteiger charge is -2.17. The predicted molar refractivity (Wildman–Crippen MR) is 136 cm³/mol. The van der Waals surface area contributed by atoms with Crippen LogP contribution in [0.3, 0.4) is 0 Å². The van der Waals surface area contributed by atoms with Crippen LogP contribution in [-0.4, -0.2) is 37.7 Å². The molecule has 1 aliphatic heterocycles. The Hall–Kier alpha value is -4.16. The van der Waals surface area contributed by atoms with E-state index in [2.05, 4.69) is 32.0 Å². The molecule has 38 heavy (non-hydrogen) atoms. The van der Waals surface area contributed by atoms with E-state index in [1.54, 1.807) is 23.0 Å². The number of fused-ring (bicyclic) bond motifs is 2. The summed E-state index contributed by atoms with van der Waals surface area (Å²) < 4.78 is 48.5. The fourth-order valence-electron chi connectivity index (χ4n) is 4.99. The second kappa shape index (κ2) is 9.62. The summed E-state index contributed by atoms with van der Waals surface area (Å²) in [5.41, 5.74) is 4.56. The standard InChI is InChI=1S/C29H24F3N5O/c1-19-6-8-25-26(16-20-13-21(18-36-11-2-3-12-36)15-22(14-20)29(30,31)32)35-38-28(25)24(19)9-7-23-17-33-27-5-4-10-34-37(23)27/h4-6,8,10,13-15,17H,2-3,11-12,16,18H2,1H3. The molecule has 1 saturated heterocycles. The highest BCUT2D eigenvalue weighted by Crippen LogP contribution is 2.33. The minimum absolute atomic E-state index is 0.219. The number of benzene rings is 2. The summed E-state index contributed by atoms with van der Waals surface area (Å²) in [4.78, 5) is 6.50. The number of aryl methyl sites for hydroxylation is 1. The molecule has 6 nitrogen and oxygen atoms in total. The van der Waals surface area contributed by atoms with Gasteiger partial charge in [-0.1, -0.05) is 23.2 Å². The maximum absolute atomic E-state index is 13.7. The highest BCUT2D eigenvalue weighted by molar-refractivity contribution is 5.86. The molecule has 0 amide bonds. The van der Waals surface area contributed by atoms with Crippen molar-refractivity contribution in [1.82, 2.24) is 24.7 Å². The highest BCUT2D eigenvalue weighted by Gasteiger charge is 2.31. The molecular weight excluding hydrogens is 491 g/mol. The smallest absolute Gasteiger partial charge is 0.355 e. The van der Waals surface area contributed by atoms with Crippen molar-refractivity contribution >= 4 is 16.6 Å². The van der Waals surface area contributed by atoms with Gasteiger partial charge in [0.1, 0.15) is 5.69 Å². The van der Waals surface area contributed by atoms with Crippen molar-refractivity contribution in [3.05, 3.63) is 94.1 Å². The Bertz CT molecular complexity index is 1700. The molecule has 6 rings (SSSR count). The summed E-state index contributed by atoms with van der Waals surface area (Å²) in [5, 5.41) is 9.26. The molecule has 1 fully saturated rings. The van der Waals surface area contributed by atoms with E-state index < -0.39 is 11.7 Å². The molecule has 3 aromatic heterocycles. The summed E-state index contributed by atoms with van der Waals surface area (Å²) in [7, 11) is 0. The number of alkyl halides is 3. The predicted octanol–water partition coefficient (Wildman–Crippen LogP) is 5.78. The number of nitrogens with zero attached hydrogens (tertiary/aromatic N) is 5. The van der Waals surface area contributed by atoms with Crippen LogP contribution in [0.5, 0.6) is 0 Å². The van der Waals surface area contributed by atoms with Crippen molar-refractivity contribution < 1.29 is 17.7 Å². The molecule has 0 saturated carbocycles. The molecule has 0 spiro atoms. The summed E-state index contributed by atoms with van der Waals surface area (Å²) in [6.07, 6.45) is 1.28. The van der Waals surface area contributed by atoms with Crippen molar-refractivity contribution in [2.45, 2.75) is 38.9 Å². The van der Waals surface area contributed by atoms with Gasteiger partial charge in [-0.25, -0.2) is 9.50 Å². The molecular formula is C29H24F3N5O. The largest absolute Gasteiger partial charge is 0.416 e. The van der Waals surface area contributed by atoms with Crippen molar-refractivity contribution in [2.24, 2.45) is 0 Å². The molecule has 0 atom stereocenters. The molecule has 192 valence electrons. The van der Waals surface area contributed by atoms with E-state index >= 15 is 0 Å². The highest BCUT2D eigenvalue weighted by atomic mass is 19.4. The number of likely N-dealkylation sites (tertiary alicyclic amines) is 1. The summed E-state index contributed by atoms with van der Waals surface area (Å²) in [6, 6.07) is 11.8. The number of imidazole rings is 1. The van der Waals surface area contributed by atoms with Gasteiger partial charge in [0.25, 0.3) is 0 Å². The van der Waals surface area contributed by atoms with Crippen LogP contribution in [0.1, 0.15) is 52.0 Å². The Labute approximate surface area is 217 Å². The molecule has 9 heteroatoms. The molecule has 2 aromatic carbocycles. The molecule has 0 bridgehead atoms. The number of aromatic nitrogens is 4. The second-order valence-corrected chi connectivity index (χ2v) is 9.65. The van der Waals surface area contributed by atoms with Crippen molar-refractivity contribution in [3.8, 4) is 11.8 Å². The Balaban J connectivity index is 1.35. The molecule has 0 radical (unpaired) electrons. The normalized spacial score (nSPS) is 14.3. The fourth-order valence-corrected chi connectivity index (χ4v) is 4.99. The Morgan fingerprint density at radius 3 is 2.66 bits per heavy atom. The lowest BCUT2D eigenvalue weighted by Crippen LogP contribution is -2.19. The number of rotatable bonds is 4. The van der Waals surface area contributed by atoms with Crippen LogP contribution < -0.4 is 0 Å². The quantitative estimate of drug-likeness (QED) is 0.284. The number of hydrogen-bond donors (Lipinski definition) is 0. The summed E-state index contributed by atoms with van der Waals surface area (Å²) in [6.45, 7) is 4.25. The molecule has 0 aliphatic carbocycles. The van der Waals surface area contributed by atoms with Crippen LogP contribution in [0.4, 0.5) is 13.2 Å². The van der Waals surface area contributed by atoms with Crippen LogP contribution >= 0.6 is 0 Å². The van der Waals surface area contributed by atoms with Gasteiger partial charge >= 0.3 is 6.18 Å². The first kappa shape index (κ1) is 24.2. The maximum Gasteiger partial charge on any atom is 0.416 e. The summed E-state index contributed by atoms with van der Waals surface area (Å²) in [5.74, 6) is 6.28. The Morgan fingerprint density at radius 1 is 1.03 bits per heavy atom. The van der Waals surface area contributed by atoms with E-state index in [9.17, 15) is 13.2 Å². The first-order valence-electron chi connectivity index (χ1n) is 12.5. The zero-order valence-corrected chi connectivity index (χ0v) is 20.7. The van der Waals surface area contributed by atoms with Gasteiger partial charge in [0.2, 0.25) is 0 Å². The minimum atomic E-state index is -4.42. The average molecular weight is 516 g/mol. The van der Waals surface area contributed by atoms with Gasteiger partial charge in [0.15, 0.2) is 11.2 Å². The van der Waals surface area contributed by atoms with E-state index in [4.69, 9.17) is 4.52 Å². The average Bonchev–Trinajstić information content (AvgIpc) is 3.64. The number of halogens is 3. The van der Waals surface area contributed by atoms with E-state index in [0.29, 0.717) is 45.9 Å². The van der Waals surface area contributed by atoms with E-state index in [-0.39, 0.29) is 6.42 Å². The first-order valence-corrected chi connectivity index (χ1v) is 12.5. The molecule has 1 aliphatic rings. The zero-order valence-electron chi connectivity index (χ0n) is 20.7. The summed E-state index contributed by atoms with van der Waals surface area (Å²) >= 11 is 0. The van der Waals surface area contributed by atoms with Gasteiger partial charge in [-0.15, -0.1) is 0 Å². The third-order valence-electron chi connectivity index (χ3n) is 6.87. The van der Waals surface area contributed by atoms with Gasteiger partial charge in [0, 0.05) is 24.5 Å². The lowest BCUT2D eigenvalue weighted by molar-refractivity contribution is -0.137. The molecule has 0 unspecified atom stereocenters.